The van der Waals surface area contributed by atoms with Crippen molar-refractivity contribution in [3.05, 3.63) is 34.4 Å². The maximum absolute atomic E-state index is 12.8. The first-order chi connectivity index (χ1) is 12.6. The van der Waals surface area contributed by atoms with Crippen LogP contribution in [0.3, 0.4) is 0 Å². The standard InChI is InChI=1S/C18H20N4O4.ClH/c19-10-13-2-1-7-21(13)18(23)17-11-8-15(20-17)16(9-11)26-14-5-3-12(4-6-14)22(24)25;/h3-6,11,13,15-17,20H,1-2,7-9H2;1H/t11-,13-,15+,16+,17-;/m0./s1. The van der Waals surface area contributed by atoms with Crippen molar-refractivity contribution < 1.29 is 14.5 Å². The lowest BCUT2D eigenvalue weighted by atomic mass is 9.97. The molecule has 5 atom stereocenters. The predicted molar refractivity (Wildman–Crippen MR) is 98.5 cm³/mol. The molecule has 2 aliphatic heterocycles. The molecular formula is C18H21ClN4O4. The molecule has 3 fully saturated rings. The van der Waals surface area contributed by atoms with Gasteiger partial charge in [0.05, 0.1) is 17.0 Å². The first-order valence-corrected chi connectivity index (χ1v) is 8.94. The average molecular weight is 393 g/mol. The largest absolute Gasteiger partial charge is 0.489 e. The van der Waals surface area contributed by atoms with Crippen LogP contribution in [0.4, 0.5) is 5.69 Å². The number of likely N-dealkylation sites (tertiary alicyclic amines) is 1. The molecule has 0 spiro atoms. The smallest absolute Gasteiger partial charge is 0.269 e. The highest BCUT2D eigenvalue weighted by atomic mass is 35.5. The molecule has 2 heterocycles. The zero-order valence-electron chi connectivity index (χ0n) is 14.6. The fourth-order valence-corrected chi connectivity index (χ4v) is 4.42. The molecule has 1 aromatic rings. The predicted octanol–water partition coefficient (Wildman–Crippen LogP) is 2.03. The van der Waals surface area contributed by atoms with Gasteiger partial charge in [-0.25, -0.2) is 0 Å². The van der Waals surface area contributed by atoms with Gasteiger partial charge in [-0.1, -0.05) is 0 Å². The molecule has 2 bridgehead atoms. The van der Waals surface area contributed by atoms with Gasteiger partial charge in [-0.2, -0.15) is 5.26 Å². The Hall–Kier alpha value is -2.37. The van der Waals surface area contributed by atoms with Crippen LogP contribution in [0.15, 0.2) is 24.3 Å². The third kappa shape index (κ3) is 3.57. The van der Waals surface area contributed by atoms with E-state index >= 15 is 0 Å². The number of piperidine rings is 1. The van der Waals surface area contributed by atoms with Crippen LogP contribution in [0.1, 0.15) is 25.7 Å². The number of ether oxygens (including phenoxy) is 1. The highest BCUT2D eigenvalue weighted by Crippen LogP contribution is 2.39. The number of rotatable bonds is 4. The Balaban J connectivity index is 0.00000210. The second-order valence-electron chi connectivity index (χ2n) is 7.21. The van der Waals surface area contributed by atoms with Gasteiger partial charge in [0.2, 0.25) is 5.91 Å². The summed E-state index contributed by atoms with van der Waals surface area (Å²) in [4.78, 5) is 24.8. The molecule has 8 nitrogen and oxygen atoms in total. The van der Waals surface area contributed by atoms with Crippen molar-refractivity contribution in [1.29, 1.82) is 5.26 Å². The Bertz CT molecular complexity index is 766. The molecule has 0 aromatic heterocycles. The van der Waals surface area contributed by atoms with E-state index in [2.05, 4.69) is 11.4 Å². The lowest BCUT2D eigenvalue weighted by Crippen LogP contribution is -2.54. The quantitative estimate of drug-likeness (QED) is 0.620. The summed E-state index contributed by atoms with van der Waals surface area (Å²) < 4.78 is 5.98. The summed E-state index contributed by atoms with van der Waals surface area (Å²) in [7, 11) is 0. The van der Waals surface area contributed by atoms with Crippen LogP contribution in [0.2, 0.25) is 0 Å². The lowest BCUT2D eigenvalue weighted by molar-refractivity contribution is -0.384. The fraction of sp³-hybridized carbons (Fsp3) is 0.556. The first kappa shape index (κ1) is 19.4. The third-order valence-corrected chi connectivity index (χ3v) is 5.69. The Morgan fingerprint density at radius 1 is 1.33 bits per heavy atom. The van der Waals surface area contributed by atoms with E-state index in [1.807, 2.05) is 0 Å². The minimum atomic E-state index is -0.439. The molecule has 2 saturated heterocycles. The summed E-state index contributed by atoms with van der Waals surface area (Å²) in [6, 6.07) is 7.85. The molecule has 144 valence electrons. The van der Waals surface area contributed by atoms with Gasteiger partial charge in [0.25, 0.3) is 5.69 Å². The molecule has 27 heavy (non-hydrogen) atoms. The number of fused-ring (bicyclic) bond motifs is 2. The summed E-state index contributed by atoms with van der Waals surface area (Å²) >= 11 is 0. The summed E-state index contributed by atoms with van der Waals surface area (Å²) in [6.07, 6.45) is 3.25. The molecule has 0 unspecified atom stereocenters. The Morgan fingerprint density at radius 3 is 2.67 bits per heavy atom. The fourth-order valence-electron chi connectivity index (χ4n) is 4.42. The number of nitrogens with zero attached hydrogens (tertiary/aromatic N) is 3. The number of amides is 1. The molecule has 1 N–H and O–H groups in total. The maximum atomic E-state index is 12.8. The Morgan fingerprint density at radius 2 is 2.07 bits per heavy atom. The lowest BCUT2D eigenvalue weighted by Gasteiger charge is -2.32. The van der Waals surface area contributed by atoms with Crippen molar-refractivity contribution in [2.75, 3.05) is 6.54 Å². The second-order valence-corrected chi connectivity index (χ2v) is 7.21. The minimum absolute atomic E-state index is 0. The van der Waals surface area contributed by atoms with Gasteiger partial charge < -0.3 is 9.64 Å². The molecule has 3 aliphatic rings. The van der Waals surface area contributed by atoms with E-state index in [4.69, 9.17) is 4.74 Å². The van der Waals surface area contributed by atoms with Gasteiger partial charge in [-0.05, 0) is 43.7 Å². The number of benzene rings is 1. The van der Waals surface area contributed by atoms with Gasteiger partial charge in [0.15, 0.2) is 0 Å². The first-order valence-electron chi connectivity index (χ1n) is 8.94. The van der Waals surface area contributed by atoms with Crippen molar-refractivity contribution >= 4 is 24.0 Å². The van der Waals surface area contributed by atoms with Gasteiger partial charge in [-0.3, -0.25) is 20.2 Å². The number of nitro benzene ring substituents is 1. The number of hydrogen-bond donors (Lipinski definition) is 1. The summed E-state index contributed by atoms with van der Waals surface area (Å²) in [5.41, 5.74) is 0.0340. The van der Waals surface area contributed by atoms with Crippen LogP contribution in [0.25, 0.3) is 0 Å². The van der Waals surface area contributed by atoms with E-state index in [9.17, 15) is 20.2 Å². The number of carbonyl (C=O) groups excluding carboxylic acids is 1. The van der Waals surface area contributed by atoms with Crippen LogP contribution in [0.5, 0.6) is 5.75 Å². The highest BCUT2D eigenvalue weighted by Gasteiger charge is 2.51. The number of carbonyl (C=O) groups is 1. The number of hydrogen-bond acceptors (Lipinski definition) is 6. The number of halogens is 1. The van der Waals surface area contributed by atoms with Crippen molar-refractivity contribution in [2.45, 2.75) is 49.9 Å². The number of nitriles is 1. The maximum Gasteiger partial charge on any atom is 0.269 e. The number of nitrogens with one attached hydrogen (secondary N) is 1. The molecule has 1 aliphatic carbocycles. The molecule has 0 radical (unpaired) electrons. The molecule has 1 saturated carbocycles. The van der Waals surface area contributed by atoms with Crippen molar-refractivity contribution in [2.24, 2.45) is 5.92 Å². The molecule has 4 rings (SSSR count). The zero-order valence-corrected chi connectivity index (χ0v) is 15.4. The van der Waals surface area contributed by atoms with Crippen LogP contribution >= 0.6 is 12.4 Å². The van der Waals surface area contributed by atoms with Gasteiger partial charge in [0.1, 0.15) is 17.9 Å². The summed E-state index contributed by atoms with van der Waals surface area (Å²) in [5, 5.41) is 23.3. The van der Waals surface area contributed by atoms with Crippen molar-refractivity contribution in [1.82, 2.24) is 10.2 Å². The van der Waals surface area contributed by atoms with Crippen LogP contribution in [0, 0.1) is 27.4 Å². The van der Waals surface area contributed by atoms with E-state index in [0.29, 0.717) is 12.3 Å². The molecule has 9 heteroatoms. The number of non-ortho nitro benzene ring substituents is 1. The number of nitro groups is 1. The van der Waals surface area contributed by atoms with Crippen molar-refractivity contribution in [3.63, 3.8) is 0 Å². The summed E-state index contributed by atoms with van der Waals surface area (Å²) in [5.74, 6) is 0.841. The van der Waals surface area contributed by atoms with Gasteiger partial charge in [-0.15, -0.1) is 12.4 Å². The second kappa shape index (κ2) is 7.71. The topological polar surface area (TPSA) is 108 Å². The van der Waals surface area contributed by atoms with E-state index in [1.54, 1.807) is 17.0 Å². The monoisotopic (exact) mass is 392 g/mol. The highest BCUT2D eigenvalue weighted by molar-refractivity contribution is 5.85. The van der Waals surface area contributed by atoms with Crippen LogP contribution in [-0.2, 0) is 4.79 Å². The Kier molecular flexibility index (Phi) is 5.53. The molecule has 1 aromatic carbocycles. The average Bonchev–Trinajstić information content (AvgIpc) is 3.36. The van der Waals surface area contributed by atoms with E-state index < -0.39 is 4.92 Å². The summed E-state index contributed by atoms with van der Waals surface area (Å²) in [6.45, 7) is 0.662. The zero-order chi connectivity index (χ0) is 18.3. The molecular weight excluding hydrogens is 372 g/mol. The van der Waals surface area contributed by atoms with E-state index in [0.717, 1.165) is 25.7 Å². The van der Waals surface area contributed by atoms with Gasteiger partial charge in [0, 0.05) is 24.7 Å². The third-order valence-electron chi connectivity index (χ3n) is 5.69. The van der Waals surface area contributed by atoms with E-state index in [-0.39, 0.29) is 54.1 Å². The van der Waals surface area contributed by atoms with E-state index in [1.165, 1.54) is 12.1 Å². The SMILES string of the molecule is Cl.N#C[C@@H]1CCCN1C(=O)[C@H]1N[C@@H]2C[C@H]1C[C@H]2Oc1ccc([N+](=O)[O-])cc1. The van der Waals surface area contributed by atoms with Gasteiger partial charge >= 0.3 is 0 Å². The van der Waals surface area contributed by atoms with Crippen LogP contribution < -0.4 is 10.1 Å². The normalized spacial score (nSPS) is 31.2. The van der Waals surface area contributed by atoms with Crippen LogP contribution in [-0.4, -0.2) is 46.5 Å². The minimum Gasteiger partial charge on any atom is -0.489 e. The Labute approximate surface area is 163 Å². The molecule has 1 amide bonds. The van der Waals surface area contributed by atoms with Crippen molar-refractivity contribution in [3.8, 4) is 11.8 Å².